The van der Waals surface area contributed by atoms with E-state index in [1.165, 1.54) is 6.33 Å². The first-order valence-corrected chi connectivity index (χ1v) is 11.9. The predicted molar refractivity (Wildman–Crippen MR) is 134 cm³/mol. The summed E-state index contributed by atoms with van der Waals surface area (Å²) in [4.78, 5) is 34.2. The molecule has 3 atom stereocenters. The monoisotopic (exact) mass is 486 g/mol. The molecule has 0 radical (unpaired) electrons. The minimum absolute atomic E-state index is 0.00371. The topological polar surface area (TPSA) is 105 Å². The zero-order chi connectivity index (χ0) is 25.5. The summed E-state index contributed by atoms with van der Waals surface area (Å²) in [5, 5.41) is 9.85. The highest BCUT2D eigenvalue weighted by atomic mass is 16.5. The van der Waals surface area contributed by atoms with Crippen LogP contribution >= 0.6 is 0 Å². The Labute approximate surface area is 211 Å². The minimum atomic E-state index is -0.353. The quantitative estimate of drug-likeness (QED) is 0.528. The second-order valence-corrected chi connectivity index (χ2v) is 9.11. The summed E-state index contributed by atoms with van der Waals surface area (Å²) in [5.74, 6) is 6.06. The van der Waals surface area contributed by atoms with Crippen molar-refractivity contribution in [2.45, 2.75) is 32.5 Å². The summed E-state index contributed by atoms with van der Waals surface area (Å²) in [5.41, 5.74) is 2.54. The van der Waals surface area contributed by atoms with E-state index in [0.717, 1.165) is 5.56 Å². The number of aliphatic hydroxyl groups excluding tert-OH is 1. The molecule has 0 spiro atoms. The summed E-state index contributed by atoms with van der Waals surface area (Å²) in [6.07, 6.45) is 8.14. The fraction of sp³-hybridized carbons (Fsp3) is 0.370. The van der Waals surface area contributed by atoms with Gasteiger partial charge in [-0.2, -0.15) is 0 Å². The number of hydrogen-bond acceptors (Lipinski definition) is 8. The molecular formula is C27H30N6O3. The number of carbonyl (C=O) groups excluding carboxylic acids is 1. The van der Waals surface area contributed by atoms with Gasteiger partial charge in [-0.05, 0) is 38.1 Å². The predicted octanol–water partition coefficient (Wildman–Crippen LogP) is 2.02. The van der Waals surface area contributed by atoms with Crippen LogP contribution in [0.25, 0.3) is 0 Å². The lowest BCUT2D eigenvalue weighted by molar-refractivity contribution is 0.0325. The molecule has 9 heteroatoms. The third-order valence-electron chi connectivity index (χ3n) is 6.08. The van der Waals surface area contributed by atoms with Gasteiger partial charge in [0.25, 0.3) is 5.91 Å². The average Bonchev–Trinajstić information content (AvgIpc) is 2.90. The Kier molecular flexibility index (Phi) is 8.21. The summed E-state index contributed by atoms with van der Waals surface area (Å²) in [7, 11) is 2.01. The lowest BCUT2D eigenvalue weighted by Gasteiger charge is -2.37. The number of rotatable bonds is 6. The minimum Gasteiger partial charge on any atom is -0.472 e. The van der Waals surface area contributed by atoms with E-state index >= 15 is 0 Å². The second kappa shape index (κ2) is 11.7. The van der Waals surface area contributed by atoms with Gasteiger partial charge in [0.15, 0.2) is 0 Å². The van der Waals surface area contributed by atoms with E-state index in [4.69, 9.17) is 4.74 Å². The van der Waals surface area contributed by atoms with Gasteiger partial charge >= 0.3 is 0 Å². The molecule has 4 heterocycles. The van der Waals surface area contributed by atoms with E-state index in [2.05, 4.69) is 36.7 Å². The number of fused-ring (bicyclic) bond motifs is 1. The van der Waals surface area contributed by atoms with Crippen molar-refractivity contribution in [3.05, 3.63) is 77.8 Å². The largest absolute Gasteiger partial charge is 0.472 e. The van der Waals surface area contributed by atoms with Crippen molar-refractivity contribution < 1.29 is 14.6 Å². The Bertz CT molecular complexity index is 1230. The highest BCUT2D eigenvalue weighted by molar-refractivity contribution is 5.97. The van der Waals surface area contributed by atoms with Crippen molar-refractivity contribution in [1.82, 2.24) is 29.7 Å². The number of ether oxygens (including phenoxy) is 1. The van der Waals surface area contributed by atoms with Crippen LogP contribution in [0.2, 0.25) is 0 Å². The molecule has 0 aromatic carbocycles. The average molecular weight is 487 g/mol. The first kappa shape index (κ1) is 25.2. The smallest absolute Gasteiger partial charge is 0.259 e. The lowest BCUT2D eigenvalue weighted by Crippen LogP contribution is -2.49. The maximum absolute atomic E-state index is 13.5. The van der Waals surface area contributed by atoms with Crippen LogP contribution in [0, 0.1) is 17.8 Å². The zero-order valence-electron chi connectivity index (χ0n) is 20.7. The van der Waals surface area contributed by atoms with Gasteiger partial charge in [-0.25, -0.2) is 19.9 Å². The van der Waals surface area contributed by atoms with Crippen molar-refractivity contribution in [2.24, 2.45) is 5.92 Å². The first-order chi connectivity index (χ1) is 17.4. The molecule has 0 unspecified atom stereocenters. The van der Waals surface area contributed by atoms with E-state index in [9.17, 15) is 9.90 Å². The van der Waals surface area contributed by atoms with Crippen LogP contribution in [0.1, 0.15) is 41.0 Å². The van der Waals surface area contributed by atoms with Crippen LogP contribution in [-0.2, 0) is 6.54 Å². The molecule has 186 valence electrons. The maximum Gasteiger partial charge on any atom is 0.259 e. The molecule has 4 rings (SSSR count). The van der Waals surface area contributed by atoms with Gasteiger partial charge in [-0.3, -0.25) is 9.69 Å². The first-order valence-electron chi connectivity index (χ1n) is 11.9. The Hall–Kier alpha value is -3.87. The molecule has 0 bridgehead atoms. The number of likely N-dealkylation sites (N-methyl/N-ethyl adjacent to an activating group) is 1. The Morgan fingerprint density at radius 2 is 2.03 bits per heavy atom. The van der Waals surface area contributed by atoms with Gasteiger partial charge in [0.2, 0.25) is 5.88 Å². The van der Waals surface area contributed by atoms with Crippen LogP contribution in [-0.4, -0.2) is 79.6 Å². The molecule has 3 aromatic heterocycles. The molecule has 36 heavy (non-hydrogen) atoms. The molecule has 9 nitrogen and oxygen atoms in total. The Morgan fingerprint density at radius 1 is 1.22 bits per heavy atom. The summed E-state index contributed by atoms with van der Waals surface area (Å²) >= 11 is 0. The van der Waals surface area contributed by atoms with Crippen molar-refractivity contribution in [2.75, 3.05) is 26.7 Å². The van der Waals surface area contributed by atoms with Gasteiger partial charge in [-0.15, -0.1) is 0 Å². The van der Waals surface area contributed by atoms with Gasteiger partial charge in [0.05, 0.1) is 12.6 Å². The van der Waals surface area contributed by atoms with E-state index in [1.54, 1.807) is 35.8 Å². The number of nitrogens with zero attached hydrogens (tertiary/aromatic N) is 6. The number of aromatic nitrogens is 4. The molecular weight excluding hydrogens is 456 g/mol. The Morgan fingerprint density at radius 3 is 2.75 bits per heavy atom. The maximum atomic E-state index is 13.5. The zero-order valence-corrected chi connectivity index (χ0v) is 20.7. The van der Waals surface area contributed by atoms with Crippen molar-refractivity contribution in [3.63, 3.8) is 0 Å². The molecule has 1 aliphatic heterocycles. The number of amides is 1. The van der Waals surface area contributed by atoms with E-state index in [-0.39, 0.29) is 36.5 Å². The van der Waals surface area contributed by atoms with Gasteiger partial charge < -0.3 is 14.7 Å². The lowest BCUT2D eigenvalue weighted by atomic mass is 9.99. The van der Waals surface area contributed by atoms with Crippen LogP contribution < -0.4 is 4.74 Å². The molecule has 0 aliphatic carbocycles. The molecule has 1 amide bonds. The Balaban J connectivity index is 1.63. The van der Waals surface area contributed by atoms with Gasteiger partial charge in [0.1, 0.15) is 23.7 Å². The third kappa shape index (κ3) is 6.22. The molecule has 1 N–H and O–H groups in total. The van der Waals surface area contributed by atoms with Crippen molar-refractivity contribution in [1.29, 1.82) is 0 Å². The van der Waals surface area contributed by atoms with Crippen molar-refractivity contribution >= 4 is 5.91 Å². The van der Waals surface area contributed by atoms with Crippen LogP contribution in [0.5, 0.6) is 5.88 Å². The standard InChI is InChI=1S/C27H30N6O3/c1-19-14-33(20(2)17-34)27(35)24-10-21(7-8-23-6-4-5-9-30-23)13-31-26(24)36-25(19)16-32(3)15-22-11-28-18-29-12-22/h4-6,9-13,18-20,25,34H,14-17H2,1-3H3/t19-,20+,25-/m0/s1. The van der Waals surface area contributed by atoms with Crippen molar-refractivity contribution in [3.8, 4) is 17.7 Å². The SMILES string of the molecule is C[C@H](CO)N1C[C@H](C)[C@H](CN(C)Cc2cncnc2)Oc2ncc(C#Cc3ccccn3)cc2C1=O. The second-order valence-electron chi connectivity index (χ2n) is 9.11. The number of aliphatic hydroxyl groups is 1. The summed E-state index contributed by atoms with van der Waals surface area (Å²) in [6.45, 7) is 5.45. The highest BCUT2D eigenvalue weighted by Gasteiger charge is 2.34. The highest BCUT2D eigenvalue weighted by Crippen LogP contribution is 2.27. The molecule has 3 aromatic rings. The molecule has 0 fully saturated rings. The van der Waals surface area contributed by atoms with Crippen LogP contribution in [0.4, 0.5) is 0 Å². The number of hydrogen-bond donors (Lipinski definition) is 1. The normalized spacial score (nSPS) is 18.4. The number of pyridine rings is 2. The van der Waals surface area contributed by atoms with E-state index < -0.39 is 0 Å². The van der Waals surface area contributed by atoms with E-state index in [0.29, 0.717) is 36.5 Å². The molecule has 0 saturated heterocycles. The third-order valence-corrected chi connectivity index (χ3v) is 6.08. The fourth-order valence-corrected chi connectivity index (χ4v) is 4.06. The van der Waals surface area contributed by atoms with E-state index in [1.807, 2.05) is 39.1 Å². The van der Waals surface area contributed by atoms with Crippen LogP contribution in [0.3, 0.4) is 0 Å². The summed E-state index contributed by atoms with van der Waals surface area (Å²) < 4.78 is 6.35. The van der Waals surface area contributed by atoms with Gasteiger partial charge in [-0.1, -0.05) is 18.9 Å². The van der Waals surface area contributed by atoms with Gasteiger partial charge in [0, 0.05) is 61.5 Å². The summed E-state index contributed by atoms with van der Waals surface area (Å²) in [6, 6.07) is 6.86. The number of carbonyl (C=O) groups is 1. The molecule has 1 aliphatic rings. The fourth-order valence-electron chi connectivity index (χ4n) is 4.06. The molecule has 0 saturated carbocycles. The van der Waals surface area contributed by atoms with Crippen LogP contribution in [0.15, 0.2) is 55.4 Å².